The lowest BCUT2D eigenvalue weighted by Gasteiger charge is -2.08. The highest BCUT2D eigenvalue weighted by atomic mass is 32.1. The monoisotopic (exact) mass is 384 g/mol. The molecule has 140 valence electrons. The number of halogens is 1. The van der Waals surface area contributed by atoms with Gasteiger partial charge in [-0.1, -0.05) is 23.8 Å². The number of hydrogen-bond donors (Lipinski definition) is 1. The number of benzene rings is 2. The number of amides is 1. The molecule has 0 fully saturated rings. The molecule has 0 aliphatic rings. The van der Waals surface area contributed by atoms with Crippen LogP contribution in [0.25, 0.3) is 11.3 Å². The van der Waals surface area contributed by atoms with E-state index in [1.165, 1.54) is 36.1 Å². The number of nitrogens with zero attached hydrogens (tertiary/aromatic N) is 1. The zero-order chi connectivity index (χ0) is 19.6. The molecule has 3 rings (SSSR count). The molecule has 0 aliphatic heterocycles. The van der Waals surface area contributed by atoms with Gasteiger partial charge in [0.2, 0.25) is 5.91 Å². The lowest BCUT2D eigenvalue weighted by molar-refractivity contribution is -0.115. The minimum Gasteiger partial charge on any atom is -0.494 e. The van der Waals surface area contributed by atoms with Gasteiger partial charge in [0.15, 0.2) is 16.7 Å². The molecule has 4 nitrogen and oxygen atoms in total. The highest BCUT2D eigenvalue weighted by Crippen LogP contribution is 2.31. The summed E-state index contributed by atoms with van der Waals surface area (Å²) in [6, 6.07) is 8.75. The maximum absolute atomic E-state index is 13.8. The fourth-order valence-electron chi connectivity index (χ4n) is 3.20. The molecular weight excluding hydrogens is 363 g/mol. The molecular formula is C21H21FN2O2S. The van der Waals surface area contributed by atoms with Gasteiger partial charge in [-0.3, -0.25) is 4.79 Å². The second-order valence-corrected chi connectivity index (χ2v) is 7.36. The lowest BCUT2D eigenvalue weighted by atomic mass is 9.98. The van der Waals surface area contributed by atoms with Gasteiger partial charge in [0, 0.05) is 10.9 Å². The van der Waals surface area contributed by atoms with Crippen LogP contribution in [0.5, 0.6) is 5.75 Å². The fraction of sp³-hybridized carbons (Fsp3) is 0.238. The van der Waals surface area contributed by atoms with E-state index in [1.807, 2.05) is 5.38 Å². The van der Waals surface area contributed by atoms with Crippen LogP contribution < -0.4 is 10.1 Å². The van der Waals surface area contributed by atoms with Crippen molar-refractivity contribution in [3.8, 4) is 17.0 Å². The van der Waals surface area contributed by atoms with E-state index < -0.39 is 5.82 Å². The van der Waals surface area contributed by atoms with Gasteiger partial charge in [0.25, 0.3) is 0 Å². The first-order valence-corrected chi connectivity index (χ1v) is 9.41. The van der Waals surface area contributed by atoms with E-state index in [9.17, 15) is 9.18 Å². The van der Waals surface area contributed by atoms with E-state index in [4.69, 9.17) is 4.74 Å². The molecule has 0 unspecified atom stereocenters. The highest BCUT2D eigenvalue weighted by molar-refractivity contribution is 7.14. The Hall–Kier alpha value is -2.73. The highest BCUT2D eigenvalue weighted by Gasteiger charge is 2.13. The van der Waals surface area contributed by atoms with E-state index >= 15 is 0 Å². The average Bonchev–Trinajstić information content (AvgIpc) is 3.01. The van der Waals surface area contributed by atoms with Crippen LogP contribution in [0.15, 0.2) is 35.7 Å². The van der Waals surface area contributed by atoms with Gasteiger partial charge < -0.3 is 10.1 Å². The van der Waals surface area contributed by atoms with Gasteiger partial charge >= 0.3 is 0 Å². The van der Waals surface area contributed by atoms with Crippen LogP contribution in [-0.4, -0.2) is 18.0 Å². The minimum atomic E-state index is -0.482. The molecule has 27 heavy (non-hydrogen) atoms. The zero-order valence-electron chi connectivity index (χ0n) is 15.7. The van der Waals surface area contributed by atoms with Crippen molar-refractivity contribution in [3.05, 3.63) is 63.8 Å². The van der Waals surface area contributed by atoms with Gasteiger partial charge in [-0.2, -0.15) is 0 Å². The van der Waals surface area contributed by atoms with Crippen molar-refractivity contribution in [1.29, 1.82) is 0 Å². The summed E-state index contributed by atoms with van der Waals surface area (Å²) in [5, 5.41) is 5.26. The van der Waals surface area contributed by atoms with Crippen molar-refractivity contribution < 1.29 is 13.9 Å². The number of rotatable bonds is 5. The minimum absolute atomic E-state index is 0.0679. The van der Waals surface area contributed by atoms with Crippen LogP contribution in [0.2, 0.25) is 0 Å². The Kier molecular flexibility index (Phi) is 5.56. The van der Waals surface area contributed by atoms with Crippen molar-refractivity contribution >= 4 is 22.4 Å². The fourth-order valence-corrected chi connectivity index (χ4v) is 3.92. The topological polar surface area (TPSA) is 51.2 Å². The summed E-state index contributed by atoms with van der Waals surface area (Å²) >= 11 is 1.38. The number of thiazole rings is 1. The van der Waals surface area contributed by atoms with Gasteiger partial charge in [0.05, 0.1) is 19.2 Å². The summed E-state index contributed by atoms with van der Waals surface area (Å²) in [5.41, 5.74) is 6.04. The second kappa shape index (κ2) is 7.88. The van der Waals surface area contributed by atoms with Crippen LogP contribution in [0.3, 0.4) is 0 Å². The maximum atomic E-state index is 13.8. The molecule has 0 spiro atoms. The third-order valence-electron chi connectivity index (χ3n) is 4.26. The van der Waals surface area contributed by atoms with Crippen LogP contribution in [0.4, 0.5) is 9.52 Å². The number of anilines is 1. The predicted octanol–water partition coefficient (Wildman–Crippen LogP) is 5.06. The largest absolute Gasteiger partial charge is 0.494 e. The van der Waals surface area contributed by atoms with Crippen molar-refractivity contribution in [3.63, 3.8) is 0 Å². The normalized spacial score (nSPS) is 10.7. The molecule has 0 saturated carbocycles. The quantitative estimate of drug-likeness (QED) is 0.669. The lowest BCUT2D eigenvalue weighted by Crippen LogP contribution is -2.14. The molecule has 1 aromatic heterocycles. The summed E-state index contributed by atoms with van der Waals surface area (Å²) in [7, 11) is 1.41. The Bertz CT molecular complexity index is 975. The first-order valence-electron chi connectivity index (χ1n) is 8.53. The molecule has 1 amide bonds. The van der Waals surface area contributed by atoms with E-state index in [0.717, 1.165) is 22.4 Å². The van der Waals surface area contributed by atoms with Crippen molar-refractivity contribution in [2.75, 3.05) is 12.4 Å². The summed E-state index contributed by atoms with van der Waals surface area (Å²) in [6.07, 6.45) is 0.0679. The number of carbonyl (C=O) groups excluding carboxylic acids is 1. The standard InChI is InChI=1S/C21H21FN2O2S/c1-12-7-13(2)20(14(3)8-12)17-11-27-21(23-17)24-19(25)10-15-5-6-18(26-4)16(22)9-15/h5-9,11H,10H2,1-4H3,(H,23,24,25). The zero-order valence-corrected chi connectivity index (χ0v) is 16.5. The van der Waals surface area contributed by atoms with Gasteiger partial charge in [-0.25, -0.2) is 9.37 Å². The van der Waals surface area contributed by atoms with Gasteiger partial charge in [-0.15, -0.1) is 11.3 Å². The van der Waals surface area contributed by atoms with E-state index in [0.29, 0.717) is 10.7 Å². The Balaban J connectivity index is 1.72. The Morgan fingerprint density at radius 2 is 1.89 bits per heavy atom. The van der Waals surface area contributed by atoms with E-state index in [-0.39, 0.29) is 18.1 Å². The third-order valence-corrected chi connectivity index (χ3v) is 5.02. The predicted molar refractivity (Wildman–Crippen MR) is 107 cm³/mol. The number of nitrogens with one attached hydrogen (secondary N) is 1. The van der Waals surface area contributed by atoms with Gasteiger partial charge in [-0.05, 0) is 49.6 Å². The van der Waals surface area contributed by atoms with Crippen molar-refractivity contribution in [2.45, 2.75) is 27.2 Å². The summed E-state index contributed by atoms with van der Waals surface area (Å²) in [4.78, 5) is 16.8. The molecule has 0 bridgehead atoms. The smallest absolute Gasteiger partial charge is 0.230 e. The number of aromatic nitrogens is 1. The Morgan fingerprint density at radius 1 is 1.19 bits per heavy atom. The number of hydrogen-bond acceptors (Lipinski definition) is 4. The second-order valence-electron chi connectivity index (χ2n) is 6.51. The Morgan fingerprint density at radius 3 is 2.52 bits per heavy atom. The molecule has 2 aromatic carbocycles. The number of aryl methyl sites for hydroxylation is 3. The summed E-state index contributed by atoms with van der Waals surface area (Å²) in [5.74, 6) is -0.560. The first kappa shape index (κ1) is 19.0. The van der Waals surface area contributed by atoms with Crippen LogP contribution in [-0.2, 0) is 11.2 Å². The van der Waals surface area contributed by atoms with Crippen LogP contribution in [0.1, 0.15) is 22.3 Å². The molecule has 3 aromatic rings. The Labute approximate surface area is 162 Å². The van der Waals surface area contributed by atoms with Crippen molar-refractivity contribution in [1.82, 2.24) is 4.98 Å². The van der Waals surface area contributed by atoms with E-state index in [1.54, 1.807) is 6.07 Å². The van der Waals surface area contributed by atoms with Gasteiger partial charge in [0.1, 0.15) is 0 Å². The van der Waals surface area contributed by atoms with Crippen LogP contribution >= 0.6 is 11.3 Å². The summed E-state index contributed by atoms with van der Waals surface area (Å²) in [6.45, 7) is 6.19. The molecule has 6 heteroatoms. The van der Waals surface area contributed by atoms with E-state index in [2.05, 4.69) is 43.2 Å². The summed E-state index contributed by atoms with van der Waals surface area (Å²) < 4.78 is 18.6. The third kappa shape index (κ3) is 4.34. The number of carbonyl (C=O) groups is 1. The number of methoxy groups -OCH3 is 1. The van der Waals surface area contributed by atoms with Crippen LogP contribution in [0, 0.1) is 26.6 Å². The first-order chi connectivity index (χ1) is 12.9. The number of ether oxygens (including phenoxy) is 1. The molecule has 0 radical (unpaired) electrons. The molecule has 0 atom stereocenters. The van der Waals surface area contributed by atoms with Crippen molar-refractivity contribution in [2.24, 2.45) is 0 Å². The molecule has 0 aliphatic carbocycles. The average molecular weight is 384 g/mol. The molecule has 1 heterocycles. The SMILES string of the molecule is COc1ccc(CC(=O)Nc2nc(-c3c(C)cc(C)cc3C)cs2)cc1F. The molecule has 0 saturated heterocycles. The molecule has 1 N–H and O–H groups in total. The maximum Gasteiger partial charge on any atom is 0.230 e.